The molecule has 2 fully saturated rings. The van der Waals surface area contributed by atoms with Gasteiger partial charge in [-0.2, -0.15) is 0 Å². The van der Waals surface area contributed by atoms with E-state index in [1.54, 1.807) is 45.0 Å². The molecule has 3 aromatic rings. The minimum absolute atomic E-state index is 0.112. The fourth-order valence-corrected chi connectivity index (χ4v) is 12.6. The summed E-state index contributed by atoms with van der Waals surface area (Å²) in [4.78, 5) is 70.5. The van der Waals surface area contributed by atoms with E-state index in [-0.39, 0.29) is 35.6 Å². The van der Waals surface area contributed by atoms with Gasteiger partial charge >= 0.3 is 0 Å². The number of unbranched alkanes of at least 4 members (excludes halogenated alkanes) is 1. The molecular formula is C45H57FN4O6Si. The van der Waals surface area contributed by atoms with E-state index in [0.717, 1.165) is 10.4 Å². The van der Waals surface area contributed by atoms with Crippen molar-refractivity contribution in [3.05, 3.63) is 108 Å². The third-order valence-electron chi connectivity index (χ3n) is 11.4. The molecule has 304 valence electrons. The summed E-state index contributed by atoms with van der Waals surface area (Å²) in [7, 11) is -2.95. The number of carbonyl (C=O) groups is 5. The average molecular weight is 797 g/mol. The first-order chi connectivity index (χ1) is 27.1. The normalized spacial score (nSPS) is 22.9. The Morgan fingerprint density at radius 3 is 2.14 bits per heavy atom. The number of carbonyl (C=O) groups excluding carboxylic acids is 5. The van der Waals surface area contributed by atoms with Gasteiger partial charge < -0.3 is 25.3 Å². The van der Waals surface area contributed by atoms with Gasteiger partial charge in [0.05, 0.1) is 0 Å². The number of amides is 4. The second kappa shape index (κ2) is 18.5. The molecule has 2 aliphatic heterocycles. The molecule has 2 heterocycles. The minimum Gasteiger partial charge on any atom is -0.397 e. The summed E-state index contributed by atoms with van der Waals surface area (Å²) in [6, 6.07) is 23.3. The van der Waals surface area contributed by atoms with E-state index in [0.29, 0.717) is 32.2 Å². The minimum atomic E-state index is -2.95. The quantitative estimate of drug-likeness (QED) is 0.128. The first kappa shape index (κ1) is 43.2. The summed E-state index contributed by atoms with van der Waals surface area (Å²) in [5.74, 6) is -2.73. The van der Waals surface area contributed by atoms with E-state index in [1.165, 1.54) is 17.0 Å². The van der Waals surface area contributed by atoms with Crippen LogP contribution in [0.2, 0.25) is 5.04 Å². The summed E-state index contributed by atoms with van der Waals surface area (Å²) in [5, 5.41) is 10.4. The maximum absolute atomic E-state index is 14.7. The lowest BCUT2D eigenvalue weighted by Crippen LogP contribution is -2.68. The van der Waals surface area contributed by atoms with E-state index in [9.17, 15) is 28.4 Å². The summed E-state index contributed by atoms with van der Waals surface area (Å²) < 4.78 is 21.7. The topological polar surface area (TPSA) is 134 Å². The Balaban J connectivity index is 1.29. The molecule has 2 aliphatic rings. The van der Waals surface area contributed by atoms with E-state index in [4.69, 9.17) is 4.43 Å². The number of hydrogen-bond donors (Lipinski definition) is 3. The Morgan fingerprint density at radius 2 is 1.54 bits per heavy atom. The van der Waals surface area contributed by atoms with E-state index < -0.39 is 67.5 Å². The molecular weight excluding hydrogens is 740 g/mol. The monoisotopic (exact) mass is 796 g/mol. The van der Waals surface area contributed by atoms with E-state index in [2.05, 4.69) is 61.0 Å². The van der Waals surface area contributed by atoms with Crippen LogP contribution < -0.4 is 26.3 Å². The van der Waals surface area contributed by atoms with Gasteiger partial charge in [0.1, 0.15) is 35.6 Å². The molecule has 0 bridgehead atoms. The summed E-state index contributed by atoms with van der Waals surface area (Å²) in [5.41, 5.74) is -1.17. The van der Waals surface area contributed by atoms with Crippen LogP contribution in [-0.2, 0) is 34.8 Å². The van der Waals surface area contributed by atoms with Crippen LogP contribution >= 0.6 is 0 Å². The third kappa shape index (κ3) is 9.79. The van der Waals surface area contributed by atoms with E-state index in [1.807, 2.05) is 36.4 Å². The number of benzene rings is 3. The largest absolute Gasteiger partial charge is 0.397 e. The van der Waals surface area contributed by atoms with Crippen molar-refractivity contribution in [1.29, 1.82) is 0 Å². The highest BCUT2D eigenvalue weighted by Crippen LogP contribution is 2.37. The van der Waals surface area contributed by atoms with Crippen molar-refractivity contribution in [3.8, 4) is 0 Å². The zero-order valence-corrected chi connectivity index (χ0v) is 35.0. The van der Waals surface area contributed by atoms with Crippen LogP contribution in [-0.4, -0.2) is 78.9 Å². The molecule has 0 saturated carbocycles. The molecule has 3 aromatic carbocycles. The van der Waals surface area contributed by atoms with Crippen LogP contribution in [0.15, 0.2) is 97.1 Å². The van der Waals surface area contributed by atoms with Crippen LogP contribution in [0.5, 0.6) is 0 Å². The second-order valence-electron chi connectivity index (χ2n) is 16.4. The molecule has 0 aliphatic carbocycles. The summed E-state index contributed by atoms with van der Waals surface area (Å²) in [6.45, 7) is 11.9. The van der Waals surface area contributed by atoms with Crippen LogP contribution in [0.25, 0.3) is 0 Å². The Morgan fingerprint density at radius 1 is 0.930 bits per heavy atom. The molecule has 10 nitrogen and oxygen atoms in total. The Labute approximate surface area is 337 Å². The number of allylic oxidation sites excluding steroid dienone is 1. The fourth-order valence-electron chi connectivity index (χ4n) is 7.90. The Bertz CT molecular complexity index is 1900. The maximum Gasteiger partial charge on any atom is 0.262 e. The van der Waals surface area contributed by atoms with Crippen molar-refractivity contribution in [2.24, 2.45) is 0 Å². The molecule has 5 atom stereocenters. The van der Waals surface area contributed by atoms with Crippen LogP contribution in [0, 0.1) is 5.82 Å². The van der Waals surface area contributed by atoms with Crippen molar-refractivity contribution in [2.75, 3.05) is 6.54 Å². The highest BCUT2D eigenvalue weighted by atomic mass is 28.4. The lowest BCUT2D eigenvalue weighted by Gasteiger charge is -2.44. The van der Waals surface area contributed by atoms with Gasteiger partial charge in [-0.25, -0.2) is 4.39 Å². The van der Waals surface area contributed by atoms with Gasteiger partial charge in [0.2, 0.25) is 23.6 Å². The molecule has 0 radical (unpaired) electrons. The molecule has 12 heteroatoms. The highest BCUT2D eigenvalue weighted by Gasteiger charge is 2.51. The number of nitrogens with one attached hydrogen (secondary N) is 3. The zero-order chi connectivity index (χ0) is 41.4. The summed E-state index contributed by atoms with van der Waals surface area (Å²) in [6.07, 6.45) is 4.69. The molecule has 0 aromatic heterocycles. The van der Waals surface area contributed by atoms with Gasteiger partial charge in [0.15, 0.2) is 5.78 Å². The number of rotatable bonds is 13. The smallest absolute Gasteiger partial charge is 0.262 e. The molecule has 4 amide bonds. The predicted octanol–water partition coefficient (Wildman–Crippen LogP) is 4.89. The third-order valence-corrected chi connectivity index (χ3v) is 16.5. The Hall–Kier alpha value is -4.94. The number of hydrogen-bond acceptors (Lipinski definition) is 6. The van der Waals surface area contributed by atoms with Gasteiger partial charge in [-0.1, -0.05) is 113 Å². The van der Waals surface area contributed by atoms with Crippen molar-refractivity contribution >= 4 is 48.1 Å². The molecule has 0 spiro atoms. The lowest BCUT2D eigenvalue weighted by molar-refractivity contribution is -0.144. The Kier molecular flexibility index (Phi) is 14.1. The van der Waals surface area contributed by atoms with E-state index >= 15 is 0 Å². The fraction of sp³-hybridized carbons (Fsp3) is 0.444. The average Bonchev–Trinajstić information content (AvgIpc) is 3.69. The van der Waals surface area contributed by atoms with Crippen LogP contribution in [0.4, 0.5) is 4.39 Å². The maximum atomic E-state index is 14.7. The molecule has 57 heavy (non-hydrogen) atoms. The van der Waals surface area contributed by atoms with Crippen LogP contribution in [0.1, 0.15) is 85.6 Å². The number of halogens is 1. The van der Waals surface area contributed by atoms with Gasteiger partial charge in [-0.05, 0) is 85.5 Å². The first-order valence-electron chi connectivity index (χ1n) is 20.1. The standard InChI is InChI=1S/C45H57FN4O6Si/c1-7-45(6)43(55)48-37(30-32-20-17-18-25-35(32)46)42(54)50-29-19-27-38(50)41(53)47-36(40(52)49-45)26-15-10-16-28-39(51)31(2)56-57(44(3,4)5,33-21-11-8-12-22-33)34-23-13-9-14-24-34/h8-9,11-14,16-18,20-25,28,31,36-38H,7,10,15,19,26-27,29-30H2,1-6H3,(H,47,53)(H,48,55)(H,49,52)/b28-16+/t31-,36-,37-,38+,45-/m0/s1. The molecule has 3 N–H and O–H groups in total. The molecule has 2 saturated heterocycles. The molecule has 5 rings (SSSR count). The SMILES string of the molecule is CC[C@]1(C)NC(=O)[C@H](CCC/C=C/C(=O)[C@H](C)O[Si](c2ccccc2)(c2ccccc2)C(C)(C)C)NC(=O)[C@H]2CCCN2C(=O)[C@H](Cc2ccccc2F)NC1=O. The van der Waals surface area contributed by atoms with Crippen LogP contribution in [0.3, 0.4) is 0 Å². The lowest BCUT2D eigenvalue weighted by atomic mass is 9.94. The van der Waals surface area contributed by atoms with Gasteiger partial charge in [-0.15, -0.1) is 0 Å². The number of ketones is 1. The zero-order valence-electron chi connectivity index (χ0n) is 34.0. The number of nitrogens with zero attached hydrogens (tertiary/aromatic N) is 1. The number of fused-ring (bicyclic) bond motifs is 1. The summed E-state index contributed by atoms with van der Waals surface area (Å²) >= 11 is 0. The van der Waals surface area contributed by atoms with Gasteiger partial charge in [0.25, 0.3) is 8.32 Å². The second-order valence-corrected chi connectivity index (χ2v) is 20.7. The van der Waals surface area contributed by atoms with Crippen molar-refractivity contribution in [1.82, 2.24) is 20.9 Å². The predicted molar refractivity (Wildman–Crippen MR) is 222 cm³/mol. The van der Waals surface area contributed by atoms with Gasteiger partial charge in [0, 0.05) is 13.0 Å². The first-order valence-corrected chi connectivity index (χ1v) is 22.0. The van der Waals surface area contributed by atoms with Crippen molar-refractivity contribution < 1.29 is 32.8 Å². The molecule has 0 unspecified atom stereocenters. The van der Waals surface area contributed by atoms with Crippen molar-refractivity contribution in [2.45, 2.75) is 121 Å². The highest BCUT2D eigenvalue weighted by molar-refractivity contribution is 6.99. The van der Waals surface area contributed by atoms with Crippen molar-refractivity contribution in [3.63, 3.8) is 0 Å². The van der Waals surface area contributed by atoms with Gasteiger partial charge in [-0.3, -0.25) is 24.0 Å².